The maximum absolute atomic E-state index is 14.7. The second-order valence-corrected chi connectivity index (χ2v) is 9.32. The molecule has 0 aromatic heterocycles. The zero-order chi connectivity index (χ0) is 26.6. The number of amides is 1. The summed E-state index contributed by atoms with van der Waals surface area (Å²) >= 11 is 6.07. The average Bonchev–Trinajstić information content (AvgIpc) is 3.42. The largest absolute Gasteiger partial charge is 0.352 e. The minimum atomic E-state index is -0.791. The SMILES string of the molecule is C=C.CC.CC(NC(=O)C1(c2ccccc2F)CCCC1)C(Cc1ccc(Cl)cc1)c1ccccc1. The highest BCUT2D eigenvalue weighted by molar-refractivity contribution is 6.30. The summed E-state index contributed by atoms with van der Waals surface area (Å²) in [4.78, 5) is 13.7. The first-order valence-electron chi connectivity index (χ1n) is 12.8. The van der Waals surface area contributed by atoms with Gasteiger partial charge in [-0.2, -0.15) is 0 Å². The van der Waals surface area contributed by atoms with E-state index >= 15 is 0 Å². The molecule has 1 saturated carbocycles. The van der Waals surface area contributed by atoms with Crippen molar-refractivity contribution in [3.8, 4) is 0 Å². The van der Waals surface area contributed by atoms with Gasteiger partial charge in [0.15, 0.2) is 0 Å². The van der Waals surface area contributed by atoms with Gasteiger partial charge >= 0.3 is 0 Å². The predicted octanol–water partition coefficient (Wildman–Crippen LogP) is 8.65. The molecule has 0 saturated heterocycles. The lowest BCUT2D eigenvalue weighted by Gasteiger charge is -2.33. The van der Waals surface area contributed by atoms with Crippen molar-refractivity contribution in [1.29, 1.82) is 0 Å². The van der Waals surface area contributed by atoms with Gasteiger partial charge in [-0.05, 0) is 55.5 Å². The van der Waals surface area contributed by atoms with Crippen LogP contribution >= 0.6 is 11.6 Å². The van der Waals surface area contributed by atoms with Gasteiger partial charge in [0.25, 0.3) is 0 Å². The van der Waals surface area contributed by atoms with Gasteiger partial charge in [-0.1, -0.05) is 99.0 Å². The molecule has 1 N–H and O–H groups in total. The predicted molar refractivity (Wildman–Crippen MR) is 151 cm³/mol. The number of carbonyl (C=O) groups is 1. The molecule has 1 fully saturated rings. The van der Waals surface area contributed by atoms with Crippen LogP contribution in [0.2, 0.25) is 5.02 Å². The molecule has 1 aliphatic rings. The molecule has 3 aromatic rings. The average molecular weight is 508 g/mol. The number of hydrogen-bond acceptors (Lipinski definition) is 1. The van der Waals surface area contributed by atoms with E-state index in [1.807, 2.05) is 62.4 Å². The molecule has 36 heavy (non-hydrogen) atoms. The Morgan fingerprint density at radius 1 is 0.944 bits per heavy atom. The van der Waals surface area contributed by atoms with Crippen LogP contribution in [0.1, 0.15) is 69.1 Å². The highest BCUT2D eigenvalue weighted by Gasteiger charge is 2.45. The van der Waals surface area contributed by atoms with Gasteiger partial charge in [0, 0.05) is 22.5 Å². The van der Waals surface area contributed by atoms with E-state index in [-0.39, 0.29) is 23.7 Å². The van der Waals surface area contributed by atoms with E-state index in [9.17, 15) is 9.18 Å². The fourth-order valence-corrected chi connectivity index (χ4v) is 5.18. The Morgan fingerprint density at radius 3 is 2.08 bits per heavy atom. The third-order valence-electron chi connectivity index (χ3n) is 6.84. The van der Waals surface area contributed by atoms with Crippen LogP contribution < -0.4 is 5.32 Å². The van der Waals surface area contributed by atoms with Crippen LogP contribution in [-0.2, 0) is 16.6 Å². The van der Waals surface area contributed by atoms with Crippen LogP contribution in [-0.4, -0.2) is 11.9 Å². The summed E-state index contributed by atoms with van der Waals surface area (Å²) in [5, 5.41) is 3.99. The topological polar surface area (TPSA) is 29.1 Å². The molecule has 0 bridgehead atoms. The molecule has 4 heteroatoms. The standard InChI is InChI=1S/C28H29ClFNO.C2H6.C2H4/c1-20(24(22-9-3-2-4-10-22)19-21-13-15-23(29)16-14-21)31-27(32)28(17-7-8-18-28)25-11-5-6-12-26(25)30;2*1-2/h2-6,9-16,20,24H,7-8,17-19H2,1H3,(H,31,32);1-2H3;1-2H2. The molecule has 0 spiro atoms. The van der Waals surface area contributed by atoms with Crippen LogP contribution in [0.4, 0.5) is 4.39 Å². The first kappa shape index (κ1) is 29.3. The van der Waals surface area contributed by atoms with Crippen molar-refractivity contribution in [1.82, 2.24) is 5.32 Å². The maximum atomic E-state index is 14.7. The van der Waals surface area contributed by atoms with Crippen molar-refractivity contribution in [2.75, 3.05) is 0 Å². The molecule has 1 aliphatic carbocycles. The van der Waals surface area contributed by atoms with E-state index in [0.29, 0.717) is 23.4 Å². The lowest BCUT2D eigenvalue weighted by molar-refractivity contribution is -0.127. The number of benzene rings is 3. The Balaban J connectivity index is 0.00000109. The summed E-state index contributed by atoms with van der Waals surface area (Å²) in [5.74, 6) is -0.275. The Bertz CT molecular complexity index is 1060. The van der Waals surface area contributed by atoms with Gasteiger partial charge in [-0.15, -0.1) is 13.2 Å². The first-order valence-corrected chi connectivity index (χ1v) is 13.2. The molecule has 0 aliphatic heterocycles. The van der Waals surface area contributed by atoms with Crippen LogP contribution in [0.5, 0.6) is 0 Å². The lowest BCUT2D eigenvalue weighted by atomic mass is 9.77. The molecular formula is C32H39ClFNO. The van der Waals surface area contributed by atoms with Crippen LogP contribution in [0.15, 0.2) is 92.0 Å². The molecule has 4 rings (SSSR count). The molecular weight excluding hydrogens is 469 g/mol. The maximum Gasteiger partial charge on any atom is 0.230 e. The molecule has 2 nitrogen and oxygen atoms in total. The number of hydrogen-bond donors (Lipinski definition) is 1. The minimum absolute atomic E-state index is 0.0652. The van der Waals surface area contributed by atoms with Crippen molar-refractivity contribution in [2.24, 2.45) is 0 Å². The van der Waals surface area contributed by atoms with E-state index in [1.165, 1.54) is 11.6 Å². The zero-order valence-corrected chi connectivity index (χ0v) is 22.5. The summed E-state index contributed by atoms with van der Waals surface area (Å²) in [7, 11) is 0. The second-order valence-electron chi connectivity index (χ2n) is 8.88. The molecule has 1 amide bonds. The Morgan fingerprint density at radius 2 is 1.50 bits per heavy atom. The van der Waals surface area contributed by atoms with Gasteiger partial charge in [0.2, 0.25) is 5.91 Å². The molecule has 2 atom stereocenters. The van der Waals surface area contributed by atoms with Gasteiger partial charge < -0.3 is 5.32 Å². The van der Waals surface area contributed by atoms with Gasteiger partial charge in [0.1, 0.15) is 5.82 Å². The van der Waals surface area contributed by atoms with Crippen molar-refractivity contribution < 1.29 is 9.18 Å². The van der Waals surface area contributed by atoms with Crippen molar-refractivity contribution in [2.45, 2.75) is 70.3 Å². The number of carbonyl (C=O) groups excluding carboxylic acids is 1. The quantitative estimate of drug-likeness (QED) is 0.318. The van der Waals surface area contributed by atoms with Gasteiger partial charge in [-0.3, -0.25) is 4.79 Å². The van der Waals surface area contributed by atoms with Crippen LogP contribution in [0.3, 0.4) is 0 Å². The Kier molecular flexibility index (Phi) is 11.9. The summed E-state index contributed by atoms with van der Waals surface area (Å²) in [5.41, 5.74) is 2.06. The molecule has 3 aromatic carbocycles. The van der Waals surface area contributed by atoms with E-state index in [2.05, 4.69) is 37.5 Å². The third kappa shape index (κ3) is 7.07. The van der Waals surface area contributed by atoms with E-state index < -0.39 is 5.41 Å². The zero-order valence-electron chi connectivity index (χ0n) is 21.8. The molecule has 0 heterocycles. The minimum Gasteiger partial charge on any atom is -0.352 e. The molecule has 0 radical (unpaired) electrons. The monoisotopic (exact) mass is 507 g/mol. The summed E-state index contributed by atoms with van der Waals surface area (Å²) < 4.78 is 14.7. The smallest absolute Gasteiger partial charge is 0.230 e. The van der Waals surface area contributed by atoms with E-state index in [1.54, 1.807) is 12.1 Å². The fraction of sp³-hybridized carbons (Fsp3) is 0.344. The Labute approximate surface area is 221 Å². The van der Waals surface area contributed by atoms with Crippen molar-refractivity contribution >= 4 is 17.5 Å². The van der Waals surface area contributed by atoms with Crippen molar-refractivity contribution in [3.05, 3.63) is 120 Å². The molecule has 192 valence electrons. The highest BCUT2D eigenvalue weighted by Crippen LogP contribution is 2.42. The third-order valence-corrected chi connectivity index (χ3v) is 7.09. The van der Waals surface area contributed by atoms with Gasteiger partial charge in [-0.25, -0.2) is 4.39 Å². The van der Waals surface area contributed by atoms with Crippen LogP contribution in [0.25, 0.3) is 0 Å². The Hall–Kier alpha value is -2.91. The number of halogens is 2. The lowest BCUT2D eigenvalue weighted by Crippen LogP contribution is -2.48. The van der Waals surface area contributed by atoms with E-state index in [4.69, 9.17) is 11.6 Å². The summed E-state index contributed by atoms with van der Waals surface area (Å²) in [6.45, 7) is 12.1. The first-order chi connectivity index (χ1) is 17.5. The van der Waals surface area contributed by atoms with Gasteiger partial charge in [0.05, 0.1) is 5.41 Å². The van der Waals surface area contributed by atoms with E-state index in [0.717, 1.165) is 24.8 Å². The highest BCUT2D eigenvalue weighted by atomic mass is 35.5. The summed E-state index contributed by atoms with van der Waals surface area (Å²) in [6, 6.07) is 24.7. The van der Waals surface area contributed by atoms with Crippen molar-refractivity contribution in [3.63, 3.8) is 0 Å². The molecule has 2 unspecified atom stereocenters. The number of rotatable bonds is 7. The summed E-state index contributed by atoms with van der Waals surface area (Å²) in [6.07, 6.45) is 4.00. The normalized spacial score (nSPS) is 15.4. The fourth-order valence-electron chi connectivity index (χ4n) is 5.05. The second kappa shape index (κ2) is 14.6. The number of nitrogens with one attached hydrogen (secondary N) is 1. The van der Waals surface area contributed by atoms with Crippen LogP contribution in [0, 0.1) is 5.82 Å².